The largest absolute Gasteiger partial charge is 0.508 e. The summed E-state index contributed by atoms with van der Waals surface area (Å²) in [5.74, 6) is 1.89. The minimum Gasteiger partial charge on any atom is -0.508 e. The molecule has 0 saturated heterocycles. The molecule has 0 unspecified atom stereocenters. The summed E-state index contributed by atoms with van der Waals surface area (Å²) in [4.78, 5) is 0. The van der Waals surface area contributed by atoms with E-state index in [9.17, 15) is 5.11 Å². The van der Waals surface area contributed by atoms with E-state index in [1.54, 1.807) is 13.2 Å². The third kappa shape index (κ3) is 2.97. The molecule has 0 radical (unpaired) electrons. The lowest BCUT2D eigenvalue weighted by atomic mass is 9.75. The number of aryl methyl sites for hydroxylation is 1. The first-order valence-corrected chi connectivity index (χ1v) is 7.36. The van der Waals surface area contributed by atoms with Crippen LogP contribution >= 0.6 is 0 Å². The molecule has 0 heterocycles. The molecule has 110 valence electrons. The van der Waals surface area contributed by atoms with Crippen molar-refractivity contribution in [1.82, 2.24) is 0 Å². The van der Waals surface area contributed by atoms with Crippen molar-refractivity contribution in [3.8, 4) is 11.5 Å². The molecule has 3 rings (SSSR count). The number of nitrogens with one attached hydrogen (secondary N) is 1. The zero-order valence-electron chi connectivity index (χ0n) is 12.5. The Morgan fingerprint density at radius 1 is 1.14 bits per heavy atom. The van der Waals surface area contributed by atoms with E-state index in [2.05, 4.69) is 23.5 Å². The third-order valence-electron chi connectivity index (χ3n) is 4.27. The summed E-state index contributed by atoms with van der Waals surface area (Å²) in [6.45, 7) is 1.92. The molecule has 0 spiro atoms. The number of rotatable bonds is 4. The van der Waals surface area contributed by atoms with Crippen molar-refractivity contribution < 1.29 is 9.84 Å². The van der Waals surface area contributed by atoms with E-state index in [4.69, 9.17) is 4.74 Å². The Hall–Kier alpha value is -2.16. The van der Waals surface area contributed by atoms with Gasteiger partial charge in [0.15, 0.2) is 0 Å². The van der Waals surface area contributed by atoms with Crippen LogP contribution in [-0.2, 0) is 0 Å². The average molecular weight is 283 g/mol. The zero-order valence-corrected chi connectivity index (χ0v) is 12.5. The smallest absolute Gasteiger partial charge is 0.119 e. The molecule has 1 saturated carbocycles. The summed E-state index contributed by atoms with van der Waals surface area (Å²) in [5.41, 5.74) is 3.34. The van der Waals surface area contributed by atoms with Crippen molar-refractivity contribution in [2.24, 2.45) is 0 Å². The summed E-state index contributed by atoms with van der Waals surface area (Å²) in [6.07, 6.45) is 2.26. The Morgan fingerprint density at radius 2 is 1.95 bits per heavy atom. The second kappa shape index (κ2) is 5.68. The number of aromatic hydroxyl groups is 1. The van der Waals surface area contributed by atoms with Gasteiger partial charge in [0, 0.05) is 11.7 Å². The van der Waals surface area contributed by atoms with Gasteiger partial charge in [0.25, 0.3) is 0 Å². The van der Waals surface area contributed by atoms with Gasteiger partial charge >= 0.3 is 0 Å². The van der Waals surface area contributed by atoms with Crippen LogP contribution in [0.4, 0.5) is 5.69 Å². The first kappa shape index (κ1) is 13.8. The predicted molar refractivity (Wildman–Crippen MR) is 85.2 cm³/mol. The number of benzene rings is 2. The monoisotopic (exact) mass is 283 g/mol. The van der Waals surface area contributed by atoms with E-state index >= 15 is 0 Å². The third-order valence-corrected chi connectivity index (χ3v) is 4.27. The van der Waals surface area contributed by atoms with Crippen LogP contribution in [0.5, 0.6) is 11.5 Å². The fraction of sp³-hybridized carbons (Fsp3) is 0.333. The first-order chi connectivity index (χ1) is 10.2. The van der Waals surface area contributed by atoms with Gasteiger partial charge in [-0.2, -0.15) is 0 Å². The Morgan fingerprint density at radius 3 is 2.67 bits per heavy atom. The van der Waals surface area contributed by atoms with Gasteiger partial charge in [-0.25, -0.2) is 0 Å². The molecule has 2 N–H and O–H groups in total. The summed E-state index contributed by atoms with van der Waals surface area (Å²) in [5, 5.41) is 13.1. The predicted octanol–water partition coefficient (Wildman–Crippen LogP) is 4.07. The molecule has 3 heteroatoms. The number of methoxy groups -OCH3 is 1. The fourth-order valence-corrected chi connectivity index (χ4v) is 2.88. The molecule has 0 aromatic heterocycles. The van der Waals surface area contributed by atoms with Crippen LogP contribution in [0.2, 0.25) is 0 Å². The van der Waals surface area contributed by atoms with Gasteiger partial charge in [0.2, 0.25) is 0 Å². The van der Waals surface area contributed by atoms with Crippen molar-refractivity contribution in [3.05, 3.63) is 53.6 Å². The lowest BCUT2D eigenvalue weighted by molar-refractivity contribution is 0.370. The Bertz CT molecular complexity index is 633. The normalized spacial score (nSPS) is 20.7. The second-order valence-corrected chi connectivity index (χ2v) is 5.79. The van der Waals surface area contributed by atoms with Gasteiger partial charge in [-0.15, -0.1) is 0 Å². The molecule has 1 fully saturated rings. The van der Waals surface area contributed by atoms with Crippen LogP contribution < -0.4 is 10.1 Å². The summed E-state index contributed by atoms with van der Waals surface area (Å²) >= 11 is 0. The van der Waals surface area contributed by atoms with E-state index in [-0.39, 0.29) is 0 Å². The topological polar surface area (TPSA) is 41.5 Å². The van der Waals surface area contributed by atoms with Gasteiger partial charge in [-0.05, 0) is 67.1 Å². The Labute approximate surface area is 125 Å². The highest BCUT2D eigenvalue weighted by Gasteiger charge is 2.30. The van der Waals surface area contributed by atoms with Crippen LogP contribution in [0.15, 0.2) is 42.5 Å². The molecule has 1 aliphatic carbocycles. The average Bonchev–Trinajstić information content (AvgIpc) is 2.46. The summed E-state index contributed by atoms with van der Waals surface area (Å²) < 4.78 is 5.28. The molecule has 21 heavy (non-hydrogen) atoms. The van der Waals surface area contributed by atoms with Gasteiger partial charge in [0.05, 0.1) is 7.11 Å². The van der Waals surface area contributed by atoms with Gasteiger partial charge in [-0.1, -0.05) is 12.1 Å². The molecule has 3 nitrogen and oxygen atoms in total. The van der Waals surface area contributed by atoms with Crippen LogP contribution in [0, 0.1) is 6.92 Å². The number of phenols is 1. The molecule has 0 bridgehead atoms. The van der Waals surface area contributed by atoms with Crippen LogP contribution in [0.3, 0.4) is 0 Å². The molecular formula is C18H21NO2. The van der Waals surface area contributed by atoms with Crippen LogP contribution in [0.25, 0.3) is 0 Å². The molecule has 0 atom stereocenters. The second-order valence-electron chi connectivity index (χ2n) is 5.79. The molecule has 2 aromatic rings. The number of phenolic OH excluding ortho intramolecular Hbond substituents is 1. The highest BCUT2D eigenvalue weighted by Crippen LogP contribution is 2.39. The molecule has 1 aliphatic rings. The van der Waals surface area contributed by atoms with E-state index in [0.717, 1.165) is 29.8 Å². The Kier molecular flexibility index (Phi) is 3.74. The first-order valence-electron chi connectivity index (χ1n) is 7.36. The quantitative estimate of drug-likeness (QED) is 0.831. The Balaban J connectivity index is 1.59. The zero-order chi connectivity index (χ0) is 14.8. The molecular weight excluding hydrogens is 262 g/mol. The number of anilines is 1. The highest BCUT2D eigenvalue weighted by atomic mass is 16.5. The number of hydrogen-bond acceptors (Lipinski definition) is 3. The van der Waals surface area contributed by atoms with E-state index in [1.807, 2.05) is 25.1 Å². The highest BCUT2D eigenvalue weighted by molar-refractivity contribution is 5.51. The fourth-order valence-electron chi connectivity index (χ4n) is 2.88. The van der Waals surface area contributed by atoms with E-state index < -0.39 is 0 Å². The van der Waals surface area contributed by atoms with Crippen molar-refractivity contribution in [2.45, 2.75) is 31.7 Å². The standard InChI is InChI=1S/C18H21NO2/c1-12-8-15(6-7-18(12)20)19-16-9-14(10-16)13-4-3-5-17(11-13)21-2/h3-8,11,14,16,19-20H,9-10H2,1-2H3. The summed E-state index contributed by atoms with van der Waals surface area (Å²) in [7, 11) is 1.71. The van der Waals surface area contributed by atoms with E-state index in [0.29, 0.717) is 17.7 Å². The molecule has 2 aromatic carbocycles. The molecule has 0 aliphatic heterocycles. The number of hydrogen-bond donors (Lipinski definition) is 2. The van der Waals surface area contributed by atoms with Crippen molar-refractivity contribution in [1.29, 1.82) is 0 Å². The van der Waals surface area contributed by atoms with Crippen molar-refractivity contribution >= 4 is 5.69 Å². The van der Waals surface area contributed by atoms with Crippen LogP contribution in [-0.4, -0.2) is 18.3 Å². The van der Waals surface area contributed by atoms with Gasteiger partial charge in [0.1, 0.15) is 11.5 Å². The SMILES string of the molecule is COc1cccc(C2CC(Nc3ccc(O)c(C)c3)C2)c1. The maximum Gasteiger partial charge on any atom is 0.119 e. The maximum atomic E-state index is 9.55. The van der Waals surface area contributed by atoms with Crippen LogP contribution in [0.1, 0.15) is 29.9 Å². The maximum absolute atomic E-state index is 9.55. The van der Waals surface area contributed by atoms with E-state index in [1.165, 1.54) is 5.56 Å². The molecule has 0 amide bonds. The number of ether oxygens (including phenoxy) is 1. The van der Waals surface area contributed by atoms with Gasteiger partial charge in [-0.3, -0.25) is 0 Å². The van der Waals surface area contributed by atoms with Crippen molar-refractivity contribution in [3.63, 3.8) is 0 Å². The minimum absolute atomic E-state index is 0.350. The van der Waals surface area contributed by atoms with Gasteiger partial charge < -0.3 is 15.2 Å². The summed E-state index contributed by atoms with van der Waals surface area (Å²) in [6, 6.07) is 14.5. The minimum atomic E-state index is 0.350. The lowest BCUT2D eigenvalue weighted by Gasteiger charge is -2.37. The van der Waals surface area contributed by atoms with Crippen molar-refractivity contribution in [2.75, 3.05) is 12.4 Å². The lowest BCUT2D eigenvalue weighted by Crippen LogP contribution is -2.34.